The van der Waals surface area contributed by atoms with Crippen LogP contribution < -0.4 is 5.73 Å². The fourth-order valence-corrected chi connectivity index (χ4v) is 2.81. The van der Waals surface area contributed by atoms with Crippen LogP contribution in [0.15, 0.2) is 5.16 Å². The average Bonchev–Trinajstić information content (AvgIpc) is 2.88. The molecule has 0 aromatic rings. The molecule has 1 aliphatic rings. The van der Waals surface area contributed by atoms with Crippen molar-refractivity contribution in [2.45, 2.75) is 52.4 Å². The third-order valence-electron chi connectivity index (χ3n) is 4.13. The Hall–Kier alpha value is -1.26. The van der Waals surface area contributed by atoms with Gasteiger partial charge in [0.2, 0.25) is 5.91 Å². The van der Waals surface area contributed by atoms with Crippen LogP contribution in [0, 0.1) is 5.41 Å². The van der Waals surface area contributed by atoms with Crippen LogP contribution in [-0.4, -0.2) is 34.9 Å². The highest BCUT2D eigenvalue weighted by Crippen LogP contribution is 2.42. The van der Waals surface area contributed by atoms with Gasteiger partial charge in [-0.25, -0.2) is 0 Å². The molecular weight excluding hydrogens is 230 g/mol. The maximum atomic E-state index is 12.6. The Morgan fingerprint density at radius 1 is 1.39 bits per heavy atom. The smallest absolute Gasteiger partial charge is 0.228 e. The summed E-state index contributed by atoms with van der Waals surface area (Å²) in [6.45, 7) is 5.29. The highest BCUT2D eigenvalue weighted by molar-refractivity contribution is 5.84. The van der Waals surface area contributed by atoms with Crippen molar-refractivity contribution in [2.75, 3.05) is 13.1 Å². The Morgan fingerprint density at radius 2 is 2.00 bits per heavy atom. The van der Waals surface area contributed by atoms with Crippen LogP contribution in [-0.2, 0) is 4.79 Å². The summed E-state index contributed by atoms with van der Waals surface area (Å²) >= 11 is 0. The number of rotatable bonds is 6. The molecule has 1 aliphatic carbocycles. The van der Waals surface area contributed by atoms with E-state index in [1.807, 2.05) is 11.8 Å². The molecule has 0 aromatic heterocycles. The maximum Gasteiger partial charge on any atom is 0.228 e. The Labute approximate surface area is 109 Å². The maximum absolute atomic E-state index is 12.6. The average molecular weight is 255 g/mol. The van der Waals surface area contributed by atoms with Gasteiger partial charge in [0.25, 0.3) is 0 Å². The second-order valence-corrected chi connectivity index (χ2v) is 5.07. The van der Waals surface area contributed by atoms with Gasteiger partial charge in [0.05, 0.1) is 0 Å². The zero-order valence-electron chi connectivity index (χ0n) is 11.5. The summed E-state index contributed by atoms with van der Waals surface area (Å²) in [6, 6.07) is 0. The SMILES string of the molecule is CCN(CCC(N)=NO)C(=O)C1(CC)CCCC1. The van der Waals surface area contributed by atoms with Crippen molar-refractivity contribution in [1.82, 2.24) is 4.90 Å². The van der Waals surface area contributed by atoms with E-state index in [1.54, 1.807) is 0 Å². The summed E-state index contributed by atoms with van der Waals surface area (Å²) in [5.41, 5.74) is 5.31. The third-order valence-corrected chi connectivity index (χ3v) is 4.13. The molecule has 1 saturated carbocycles. The van der Waals surface area contributed by atoms with Crippen LogP contribution >= 0.6 is 0 Å². The number of oxime groups is 1. The number of carbonyl (C=O) groups excluding carboxylic acids is 1. The lowest BCUT2D eigenvalue weighted by molar-refractivity contribution is -0.141. The highest BCUT2D eigenvalue weighted by atomic mass is 16.4. The number of hydrogen-bond acceptors (Lipinski definition) is 3. The minimum atomic E-state index is -0.152. The molecule has 0 aromatic carbocycles. The van der Waals surface area contributed by atoms with Gasteiger partial charge in [-0.2, -0.15) is 0 Å². The number of amidine groups is 1. The Kier molecular flexibility index (Phi) is 5.44. The molecule has 18 heavy (non-hydrogen) atoms. The van der Waals surface area contributed by atoms with Crippen molar-refractivity contribution < 1.29 is 10.0 Å². The first-order valence-electron chi connectivity index (χ1n) is 6.85. The van der Waals surface area contributed by atoms with Crippen LogP contribution in [0.5, 0.6) is 0 Å². The van der Waals surface area contributed by atoms with Crippen molar-refractivity contribution in [2.24, 2.45) is 16.3 Å². The van der Waals surface area contributed by atoms with Crippen molar-refractivity contribution in [3.63, 3.8) is 0 Å². The van der Waals surface area contributed by atoms with E-state index in [-0.39, 0.29) is 17.2 Å². The molecule has 5 heteroatoms. The summed E-state index contributed by atoms with van der Waals surface area (Å²) in [5.74, 6) is 0.425. The van der Waals surface area contributed by atoms with Crippen molar-refractivity contribution in [3.8, 4) is 0 Å². The fourth-order valence-electron chi connectivity index (χ4n) is 2.81. The molecule has 104 valence electrons. The van der Waals surface area contributed by atoms with E-state index in [0.29, 0.717) is 19.5 Å². The minimum Gasteiger partial charge on any atom is -0.409 e. The van der Waals surface area contributed by atoms with Gasteiger partial charge in [-0.1, -0.05) is 24.9 Å². The zero-order valence-corrected chi connectivity index (χ0v) is 11.5. The van der Waals surface area contributed by atoms with Crippen LogP contribution in [0.2, 0.25) is 0 Å². The number of amides is 1. The first kappa shape index (κ1) is 14.8. The molecule has 0 bridgehead atoms. The largest absolute Gasteiger partial charge is 0.409 e. The standard InChI is InChI=1S/C13H25N3O2/c1-3-13(8-5-6-9-13)12(17)16(4-2)10-7-11(14)15-18/h18H,3-10H2,1-2H3,(H2,14,15). The second-order valence-electron chi connectivity index (χ2n) is 5.07. The van der Waals surface area contributed by atoms with Gasteiger partial charge in [-0.15, -0.1) is 0 Å². The quantitative estimate of drug-likeness (QED) is 0.329. The van der Waals surface area contributed by atoms with E-state index in [0.717, 1.165) is 32.1 Å². The molecule has 0 atom stereocenters. The molecule has 0 unspecified atom stereocenters. The van der Waals surface area contributed by atoms with E-state index in [9.17, 15) is 4.79 Å². The van der Waals surface area contributed by atoms with E-state index in [4.69, 9.17) is 10.9 Å². The molecule has 1 fully saturated rings. The lowest BCUT2D eigenvalue weighted by Gasteiger charge is -2.33. The molecule has 0 spiro atoms. The van der Waals surface area contributed by atoms with E-state index in [2.05, 4.69) is 12.1 Å². The van der Waals surface area contributed by atoms with Gasteiger partial charge >= 0.3 is 0 Å². The summed E-state index contributed by atoms with van der Waals surface area (Å²) in [7, 11) is 0. The molecular formula is C13H25N3O2. The van der Waals surface area contributed by atoms with E-state index >= 15 is 0 Å². The predicted octanol–water partition coefficient (Wildman–Crippen LogP) is 1.94. The highest BCUT2D eigenvalue weighted by Gasteiger charge is 2.41. The summed E-state index contributed by atoms with van der Waals surface area (Å²) < 4.78 is 0. The van der Waals surface area contributed by atoms with E-state index < -0.39 is 0 Å². The monoisotopic (exact) mass is 255 g/mol. The fraction of sp³-hybridized carbons (Fsp3) is 0.846. The van der Waals surface area contributed by atoms with Crippen LogP contribution in [0.4, 0.5) is 0 Å². The molecule has 1 rings (SSSR count). The first-order chi connectivity index (χ1) is 8.59. The number of carbonyl (C=O) groups is 1. The molecule has 0 saturated heterocycles. The summed E-state index contributed by atoms with van der Waals surface area (Å²) in [5, 5.41) is 11.5. The van der Waals surface area contributed by atoms with Gasteiger partial charge in [-0.3, -0.25) is 4.79 Å². The molecule has 0 aliphatic heterocycles. The second kappa shape index (κ2) is 6.61. The number of hydrogen-bond donors (Lipinski definition) is 2. The zero-order chi connectivity index (χ0) is 13.6. The molecule has 0 radical (unpaired) electrons. The van der Waals surface area contributed by atoms with Gasteiger partial charge < -0.3 is 15.8 Å². The normalized spacial score (nSPS) is 18.9. The predicted molar refractivity (Wildman–Crippen MR) is 71.5 cm³/mol. The lowest BCUT2D eigenvalue weighted by atomic mass is 9.82. The topological polar surface area (TPSA) is 78.9 Å². The Morgan fingerprint density at radius 3 is 2.44 bits per heavy atom. The van der Waals surface area contributed by atoms with Gasteiger partial charge in [-0.05, 0) is 26.2 Å². The van der Waals surface area contributed by atoms with Crippen molar-refractivity contribution in [1.29, 1.82) is 0 Å². The van der Waals surface area contributed by atoms with Crippen LogP contribution in [0.25, 0.3) is 0 Å². The Bertz CT molecular complexity index is 309. The third kappa shape index (κ3) is 3.15. The van der Waals surface area contributed by atoms with Gasteiger partial charge in [0.15, 0.2) is 0 Å². The minimum absolute atomic E-state index is 0.152. The summed E-state index contributed by atoms with van der Waals surface area (Å²) in [4.78, 5) is 14.5. The van der Waals surface area contributed by atoms with Crippen molar-refractivity contribution >= 4 is 11.7 Å². The van der Waals surface area contributed by atoms with Crippen LogP contribution in [0.3, 0.4) is 0 Å². The number of nitrogens with zero attached hydrogens (tertiary/aromatic N) is 2. The molecule has 1 amide bonds. The molecule has 3 N–H and O–H groups in total. The van der Waals surface area contributed by atoms with Crippen LogP contribution in [0.1, 0.15) is 52.4 Å². The molecule has 0 heterocycles. The summed E-state index contributed by atoms with van der Waals surface area (Å²) in [6.07, 6.45) is 5.64. The Balaban J connectivity index is 2.66. The van der Waals surface area contributed by atoms with Crippen molar-refractivity contribution in [3.05, 3.63) is 0 Å². The number of nitrogens with two attached hydrogens (primary N) is 1. The first-order valence-corrected chi connectivity index (χ1v) is 6.85. The molecule has 5 nitrogen and oxygen atoms in total. The van der Waals surface area contributed by atoms with Gasteiger partial charge in [0.1, 0.15) is 5.84 Å². The van der Waals surface area contributed by atoms with Gasteiger partial charge in [0, 0.05) is 24.9 Å². The lowest BCUT2D eigenvalue weighted by Crippen LogP contribution is -2.43. The van der Waals surface area contributed by atoms with E-state index in [1.165, 1.54) is 0 Å².